The summed E-state index contributed by atoms with van der Waals surface area (Å²) in [5.74, 6) is -0.463. The van der Waals surface area contributed by atoms with Crippen LogP contribution in [0.25, 0.3) is 0 Å². The quantitative estimate of drug-likeness (QED) is 0.748. The van der Waals surface area contributed by atoms with Crippen LogP contribution in [0, 0.1) is 6.92 Å². The molecule has 0 aromatic heterocycles. The van der Waals surface area contributed by atoms with E-state index in [9.17, 15) is 9.59 Å². The van der Waals surface area contributed by atoms with Gasteiger partial charge in [0.05, 0.1) is 12.3 Å². The average Bonchev–Trinajstić information content (AvgIpc) is 2.49. The van der Waals surface area contributed by atoms with Gasteiger partial charge in [0.15, 0.2) is 0 Å². The first-order chi connectivity index (χ1) is 10.1. The highest BCUT2D eigenvalue weighted by Crippen LogP contribution is 2.15. The van der Waals surface area contributed by atoms with Gasteiger partial charge >= 0.3 is 0 Å². The van der Waals surface area contributed by atoms with Crippen molar-refractivity contribution in [2.75, 3.05) is 31.8 Å². The van der Waals surface area contributed by atoms with Crippen LogP contribution < -0.4 is 15.8 Å². The zero-order valence-electron chi connectivity index (χ0n) is 12.0. The van der Waals surface area contributed by atoms with Gasteiger partial charge in [0.25, 0.3) is 11.8 Å². The van der Waals surface area contributed by atoms with E-state index in [-0.39, 0.29) is 24.2 Å². The Balaban J connectivity index is 2.05. The molecular weight excluding hydrogens is 272 g/mol. The normalized spacial score (nSPS) is 14.5. The number of hydrogen-bond acceptors (Lipinski definition) is 5. The number of methoxy groups -OCH3 is 1. The summed E-state index contributed by atoms with van der Waals surface area (Å²) < 4.78 is 4.86. The Labute approximate surface area is 123 Å². The van der Waals surface area contributed by atoms with E-state index < -0.39 is 0 Å². The molecule has 0 bridgehead atoms. The predicted octanol–water partition coefficient (Wildman–Crippen LogP) is 0.00732. The summed E-state index contributed by atoms with van der Waals surface area (Å²) >= 11 is 0. The van der Waals surface area contributed by atoms with Crippen LogP contribution in [0.1, 0.15) is 5.56 Å². The molecule has 2 amide bonds. The van der Waals surface area contributed by atoms with E-state index in [1.54, 1.807) is 7.11 Å². The van der Waals surface area contributed by atoms with E-state index in [4.69, 9.17) is 4.74 Å². The summed E-state index contributed by atoms with van der Waals surface area (Å²) in [6, 6.07) is 7.42. The number of aliphatic imine (C=N–C) groups is 1. The molecule has 0 saturated carbocycles. The van der Waals surface area contributed by atoms with E-state index in [0.717, 1.165) is 5.56 Å². The standard InChI is InChI=1S/C14H18N4O3/c1-10-3-5-11(6-4-10)18-12(19)9-16-13(17-18)14(20)15-7-8-21-2/h3-6H,7-9H2,1-2H3,(H,15,20)(H,16,17). The second-order valence-corrected chi connectivity index (χ2v) is 4.59. The van der Waals surface area contributed by atoms with Crippen molar-refractivity contribution in [2.45, 2.75) is 6.92 Å². The third kappa shape index (κ3) is 3.79. The molecule has 0 saturated heterocycles. The lowest BCUT2D eigenvalue weighted by Gasteiger charge is -2.27. The molecule has 7 nitrogen and oxygen atoms in total. The Morgan fingerprint density at radius 2 is 2.14 bits per heavy atom. The number of hydrazine groups is 1. The molecule has 1 heterocycles. The van der Waals surface area contributed by atoms with E-state index in [1.165, 1.54) is 5.01 Å². The summed E-state index contributed by atoms with van der Waals surface area (Å²) in [6.45, 7) is 2.70. The topological polar surface area (TPSA) is 83.0 Å². The van der Waals surface area contributed by atoms with Crippen molar-refractivity contribution < 1.29 is 14.3 Å². The number of hydrogen-bond donors (Lipinski definition) is 2. The molecule has 1 aromatic carbocycles. The van der Waals surface area contributed by atoms with E-state index >= 15 is 0 Å². The Hall–Kier alpha value is -2.41. The molecule has 0 fully saturated rings. The van der Waals surface area contributed by atoms with Gasteiger partial charge in [-0.05, 0) is 19.1 Å². The molecule has 7 heteroatoms. The fourth-order valence-electron chi connectivity index (χ4n) is 1.80. The van der Waals surface area contributed by atoms with Gasteiger partial charge in [-0.15, -0.1) is 0 Å². The highest BCUT2D eigenvalue weighted by Gasteiger charge is 2.25. The van der Waals surface area contributed by atoms with Gasteiger partial charge in [-0.2, -0.15) is 0 Å². The number of anilines is 1. The van der Waals surface area contributed by atoms with Crippen molar-refractivity contribution in [3.8, 4) is 0 Å². The first-order valence-corrected chi connectivity index (χ1v) is 6.59. The number of aryl methyl sites for hydroxylation is 1. The highest BCUT2D eigenvalue weighted by atomic mass is 16.5. The van der Waals surface area contributed by atoms with Crippen LogP contribution in [0.5, 0.6) is 0 Å². The van der Waals surface area contributed by atoms with Crippen molar-refractivity contribution in [1.82, 2.24) is 10.7 Å². The number of amidine groups is 1. The SMILES string of the molecule is COCCNC(=O)C1=NCC(=O)N(c2ccc(C)cc2)N1. The van der Waals surface area contributed by atoms with Crippen molar-refractivity contribution in [1.29, 1.82) is 0 Å². The molecular formula is C14H18N4O3. The number of benzene rings is 1. The monoisotopic (exact) mass is 290 g/mol. The maximum Gasteiger partial charge on any atom is 0.288 e. The van der Waals surface area contributed by atoms with Crippen LogP contribution in [0.4, 0.5) is 5.69 Å². The van der Waals surface area contributed by atoms with Gasteiger partial charge in [-0.1, -0.05) is 17.7 Å². The van der Waals surface area contributed by atoms with Gasteiger partial charge in [0.1, 0.15) is 6.54 Å². The minimum Gasteiger partial charge on any atom is -0.383 e. The van der Waals surface area contributed by atoms with E-state index in [1.807, 2.05) is 31.2 Å². The van der Waals surface area contributed by atoms with Crippen LogP contribution in [0.15, 0.2) is 29.3 Å². The maximum absolute atomic E-state index is 11.9. The molecule has 2 rings (SSSR count). The Kier molecular flexibility index (Phi) is 4.89. The van der Waals surface area contributed by atoms with Gasteiger partial charge < -0.3 is 10.1 Å². The summed E-state index contributed by atoms with van der Waals surface area (Å²) in [5.41, 5.74) is 4.51. The number of carbonyl (C=O) groups excluding carboxylic acids is 2. The molecule has 21 heavy (non-hydrogen) atoms. The summed E-state index contributed by atoms with van der Waals surface area (Å²) in [4.78, 5) is 27.8. The minimum absolute atomic E-state index is 0.0616. The van der Waals surface area contributed by atoms with Crippen LogP contribution in [-0.2, 0) is 14.3 Å². The Morgan fingerprint density at radius 3 is 2.81 bits per heavy atom. The number of nitrogens with zero attached hydrogens (tertiary/aromatic N) is 2. The van der Waals surface area contributed by atoms with Crippen molar-refractivity contribution >= 4 is 23.3 Å². The van der Waals surface area contributed by atoms with Crippen LogP contribution >= 0.6 is 0 Å². The van der Waals surface area contributed by atoms with Gasteiger partial charge in [0, 0.05) is 13.7 Å². The average molecular weight is 290 g/mol. The van der Waals surface area contributed by atoms with E-state index in [2.05, 4.69) is 15.7 Å². The van der Waals surface area contributed by atoms with Crippen LogP contribution in [0.3, 0.4) is 0 Å². The third-order valence-corrected chi connectivity index (χ3v) is 2.94. The lowest BCUT2D eigenvalue weighted by molar-refractivity contribution is -0.118. The molecule has 112 valence electrons. The summed E-state index contributed by atoms with van der Waals surface area (Å²) in [6.07, 6.45) is 0. The molecule has 1 aromatic rings. The lowest BCUT2D eigenvalue weighted by Crippen LogP contribution is -2.56. The number of nitrogens with one attached hydrogen (secondary N) is 2. The molecule has 2 N–H and O–H groups in total. The molecule has 0 atom stereocenters. The molecule has 0 aliphatic carbocycles. The lowest BCUT2D eigenvalue weighted by atomic mass is 10.2. The molecule has 1 aliphatic rings. The largest absolute Gasteiger partial charge is 0.383 e. The molecule has 0 unspecified atom stereocenters. The maximum atomic E-state index is 11.9. The predicted molar refractivity (Wildman–Crippen MR) is 79.0 cm³/mol. The fourth-order valence-corrected chi connectivity index (χ4v) is 1.80. The first-order valence-electron chi connectivity index (χ1n) is 6.59. The number of amides is 2. The van der Waals surface area contributed by atoms with Gasteiger partial charge in [-0.25, -0.2) is 5.01 Å². The Morgan fingerprint density at radius 1 is 1.43 bits per heavy atom. The molecule has 0 radical (unpaired) electrons. The van der Waals surface area contributed by atoms with Gasteiger partial charge in [-0.3, -0.25) is 20.0 Å². The smallest absolute Gasteiger partial charge is 0.288 e. The summed E-state index contributed by atoms with van der Waals surface area (Å²) in [5, 5.41) is 3.99. The molecule has 1 aliphatic heterocycles. The zero-order chi connectivity index (χ0) is 15.2. The third-order valence-electron chi connectivity index (χ3n) is 2.94. The fraction of sp³-hybridized carbons (Fsp3) is 0.357. The second-order valence-electron chi connectivity index (χ2n) is 4.59. The summed E-state index contributed by atoms with van der Waals surface area (Å²) in [7, 11) is 1.56. The molecule has 0 spiro atoms. The van der Waals surface area contributed by atoms with Crippen molar-refractivity contribution in [3.05, 3.63) is 29.8 Å². The second kappa shape index (κ2) is 6.85. The zero-order valence-corrected chi connectivity index (χ0v) is 12.0. The minimum atomic E-state index is -0.364. The van der Waals surface area contributed by atoms with Gasteiger partial charge in [0.2, 0.25) is 5.84 Å². The first kappa shape index (κ1) is 15.0. The van der Waals surface area contributed by atoms with Crippen LogP contribution in [-0.4, -0.2) is 44.5 Å². The highest BCUT2D eigenvalue weighted by molar-refractivity contribution is 6.39. The van der Waals surface area contributed by atoms with Crippen molar-refractivity contribution in [2.24, 2.45) is 4.99 Å². The Bertz CT molecular complexity index is 554. The van der Waals surface area contributed by atoms with Crippen molar-refractivity contribution in [3.63, 3.8) is 0 Å². The number of rotatable bonds is 5. The van der Waals surface area contributed by atoms with Crippen LogP contribution in [0.2, 0.25) is 0 Å². The number of carbonyl (C=O) groups is 2. The number of ether oxygens (including phenoxy) is 1. The van der Waals surface area contributed by atoms with E-state index in [0.29, 0.717) is 18.8 Å².